The smallest absolute Gasteiger partial charge is 0.249 e. The predicted octanol–water partition coefficient (Wildman–Crippen LogP) is 1.80. The third kappa shape index (κ3) is 2.09. The second-order valence-electron chi connectivity index (χ2n) is 6.45. The van der Waals surface area contributed by atoms with Crippen LogP contribution in [0.4, 0.5) is 0 Å². The van der Waals surface area contributed by atoms with Gasteiger partial charge in [0, 0.05) is 32.3 Å². The van der Waals surface area contributed by atoms with E-state index in [4.69, 9.17) is 0 Å². The van der Waals surface area contributed by atoms with Gasteiger partial charge >= 0.3 is 0 Å². The van der Waals surface area contributed by atoms with Crippen molar-refractivity contribution in [2.75, 3.05) is 26.7 Å². The number of amides is 1. The van der Waals surface area contributed by atoms with Crippen LogP contribution in [0, 0.1) is 17.8 Å². The van der Waals surface area contributed by atoms with Crippen molar-refractivity contribution in [3.8, 4) is 0 Å². The summed E-state index contributed by atoms with van der Waals surface area (Å²) in [5.74, 6) is 2.90. The van der Waals surface area contributed by atoms with Gasteiger partial charge in [-0.2, -0.15) is 0 Å². The van der Waals surface area contributed by atoms with Gasteiger partial charge in [-0.05, 0) is 49.5 Å². The molecule has 3 unspecified atom stereocenters. The van der Waals surface area contributed by atoms with E-state index in [1.807, 2.05) is 18.9 Å². The fourth-order valence-corrected chi connectivity index (χ4v) is 3.99. The summed E-state index contributed by atoms with van der Waals surface area (Å²) in [7, 11) is 1.98. The molecule has 0 spiro atoms. The molecule has 1 aliphatic heterocycles. The van der Waals surface area contributed by atoms with Crippen molar-refractivity contribution in [1.29, 1.82) is 0 Å². The summed E-state index contributed by atoms with van der Waals surface area (Å²) in [5.41, 5.74) is 2.26. The highest BCUT2D eigenvalue weighted by molar-refractivity contribution is 5.93. The molecule has 0 aromatic rings. The summed E-state index contributed by atoms with van der Waals surface area (Å²) in [6, 6.07) is 0. The zero-order chi connectivity index (χ0) is 12.7. The van der Waals surface area contributed by atoms with Gasteiger partial charge in [-0.15, -0.1) is 0 Å². The molecular weight excluding hydrogens is 224 g/mol. The molecule has 0 radical (unpaired) electrons. The van der Waals surface area contributed by atoms with Crippen LogP contribution in [-0.2, 0) is 4.79 Å². The lowest BCUT2D eigenvalue weighted by Gasteiger charge is -2.29. The first-order valence-electron chi connectivity index (χ1n) is 7.30. The SMILES string of the molecule is CC(C(=O)N(C)CC1CC2CCC1C2)=C1CNC1. The first-order chi connectivity index (χ1) is 8.65. The highest BCUT2D eigenvalue weighted by Gasteiger charge is 2.40. The van der Waals surface area contributed by atoms with Crippen molar-refractivity contribution in [2.45, 2.75) is 32.6 Å². The number of hydrogen-bond acceptors (Lipinski definition) is 2. The fraction of sp³-hybridized carbons (Fsp3) is 0.800. The second kappa shape index (κ2) is 4.69. The largest absolute Gasteiger partial charge is 0.342 e. The Morgan fingerprint density at radius 2 is 2.11 bits per heavy atom. The van der Waals surface area contributed by atoms with E-state index in [0.717, 1.165) is 43.0 Å². The standard InChI is InChI=1S/C15H24N2O/c1-10(14-7-16-8-14)15(18)17(2)9-13-6-11-3-4-12(13)5-11/h11-13,16H,3-9H2,1-2H3. The molecule has 3 nitrogen and oxygen atoms in total. The third-order valence-corrected chi connectivity index (χ3v) is 5.27. The van der Waals surface area contributed by atoms with E-state index in [2.05, 4.69) is 5.32 Å². The molecule has 3 fully saturated rings. The molecule has 2 aliphatic carbocycles. The Balaban J connectivity index is 1.58. The minimum absolute atomic E-state index is 0.245. The second-order valence-corrected chi connectivity index (χ2v) is 6.45. The predicted molar refractivity (Wildman–Crippen MR) is 72.1 cm³/mol. The van der Waals surface area contributed by atoms with Gasteiger partial charge < -0.3 is 10.2 Å². The van der Waals surface area contributed by atoms with Crippen LogP contribution in [0.1, 0.15) is 32.6 Å². The molecule has 3 rings (SSSR count). The molecule has 1 amide bonds. The van der Waals surface area contributed by atoms with Crippen LogP contribution in [0.2, 0.25) is 0 Å². The van der Waals surface area contributed by atoms with Crippen LogP contribution >= 0.6 is 0 Å². The maximum absolute atomic E-state index is 12.3. The van der Waals surface area contributed by atoms with Gasteiger partial charge in [-0.1, -0.05) is 6.42 Å². The van der Waals surface area contributed by atoms with Crippen LogP contribution in [0.15, 0.2) is 11.1 Å². The quantitative estimate of drug-likeness (QED) is 0.772. The zero-order valence-corrected chi connectivity index (χ0v) is 11.5. The highest BCUT2D eigenvalue weighted by atomic mass is 16.2. The first-order valence-corrected chi connectivity index (χ1v) is 7.30. The Morgan fingerprint density at radius 3 is 2.61 bits per heavy atom. The maximum Gasteiger partial charge on any atom is 0.249 e. The van der Waals surface area contributed by atoms with Crippen LogP contribution in [0.3, 0.4) is 0 Å². The molecule has 3 heteroatoms. The summed E-state index contributed by atoms with van der Waals surface area (Å²) in [5, 5.41) is 3.20. The van der Waals surface area contributed by atoms with Gasteiger partial charge in [0.05, 0.1) is 0 Å². The minimum atomic E-state index is 0.245. The zero-order valence-electron chi connectivity index (χ0n) is 11.5. The Kier molecular flexibility index (Phi) is 3.18. The van der Waals surface area contributed by atoms with Gasteiger partial charge in [0.2, 0.25) is 5.91 Å². The summed E-state index contributed by atoms with van der Waals surface area (Å²) < 4.78 is 0. The van der Waals surface area contributed by atoms with Gasteiger partial charge in [-0.25, -0.2) is 0 Å². The van der Waals surface area contributed by atoms with Crippen molar-refractivity contribution in [2.24, 2.45) is 17.8 Å². The molecule has 3 aliphatic rings. The lowest BCUT2D eigenvalue weighted by atomic mass is 9.88. The van der Waals surface area contributed by atoms with Crippen molar-refractivity contribution < 1.29 is 4.79 Å². The van der Waals surface area contributed by atoms with Crippen molar-refractivity contribution in [1.82, 2.24) is 10.2 Å². The first kappa shape index (κ1) is 12.2. The van der Waals surface area contributed by atoms with Gasteiger partial charge in [0.1, 0.15) is 0 Å². The van der Waals surface area contributed by atoms with Gasteiger partial charge in [0.25, 0.3) is 0 Å². The van der Waals surface area contributed by atoms with Crippen LogP contribution in [0.5, 0.6) is 0 Å². The number of fused-ring (bicyclic) bond motifs is 2. The van der Waals surface area contributed by atoms with E-state index in [-0.39, 0.29) is 5.91 Å². The number of hydrogen-bond donors (Lipinski definition) is 1. The van der Waals surface area contributed by atoms with E-state index in [9.17, 15) is 4.79 Å². The van der Waals surface area contributed by atoms with E-state index in [1.54, 1.807) is 0 Å². The molecule has 2 saturated carbocycles. The molecule has 0 aromatic carbocycles. The Bertz CT molecular complexity index is 382. The highest BCUT2D eigenvalue weighted by Crippen LogP contribution is 2.48. The lowest BCUT2D eigenvalue weighted by molar-refractivity contribution is -0.126. The maximum atomic E-state index is 12.3. The lowest BCUT2D eigenvalue weighted by Crippen LogP contribution is -2.39. The number of carbonyl (C=O) groups is 1. The Labute approximate surface area is 110 Å². The normalized spacial score (nSPS) is 33.4. The monoisotopic (exact) mass is 248 g/mol. The van der Waals surface area contributed by atoms with Crippen molar-refractivity contribution in [3.05, 3.63) is 11.1 Å². The minimum Gasteiger partial charge on any atom is -0.342 e. The average Bonchev–Trinajstić information content (AvgIpc) is 2.87. The summed E-state index contributed by atoms with van der Waals surface area (Å²) in [4.78, 5) is 14.3. The van der Waals surface area contributed by atoms with Crippen LogP contribution in [0.25, 0.3) is 0 Å². The summed E-state index contributed by atoms with van der Waals surface area (Å²) in [6.07, 6.45) is 5.63. The molecule has 3 atom stereocenters. The summed E-state index contributed by atoms with van der Waals surface area (Å²) >= 11 is 0. The third-order valence-electron chi connectivity index (χ3n) is 5.27. The molecule has 1 heterocycles. The average molecular weight is 248 g/mol. The van der Waals surface area contributed by atoms with Gasteiger partial charge in [-0.3, -0.25) is 4.79 Å². The molecule has 0 aromatic heterocycles. The van der Waals surface area contributed by atoms with Crippen molar-refractivity contribution in [3.63, 3.8) is 0 Å². The molecule has 18 heavy (non-hydrogen) atoms. The van der Waals surface area contributed by atoms with E-state index < -0.39 is 0 Å². The number of rotatable bonds is 3. The van der Waals surface area contributed by atoms with Gasteiger partial charge in [0.15, 0.2) is 0 Å². The van der Waals surface area contributed by atoms with Crippen molar-refractivity contribution >= 4 is 5.91 Å². The molecule has 1 N–H and O–H groups in total. The van der Waals surface area contributed by atoms with E-state index in [1.165, 1.54) is 31.3 Å². The van der Waals surface area contributed by atoms with E-state index >= 15 is 0 Å². The number of nitrogens with zero attached hydrogens (tertiary/aromatic N) is 1. The van der Waals surface area contributed by atoms with E-state index in [0.29, 0.717) is 0 Å². The Hall–Kier alpha value is -0.830. The van der Waals surface area contributed by atoms with Crippen LogP contribution < -0.4 is 5.32 Å². The molecule has 1 saturated heterocycles. The number of nitrogens with one attached hydrogen (secondary N) is 1. The Morgan fingerprint density at radius 1 is 1.33 bits per heavy atom. The summed E-state index contributed by atoms with van der Waals surface area (Å²) in [6.45, 7) is 4.76. The topological polar surface area (TPSA) is 32.3 Å². The number of carbonyl (C=O) groups excluding carboxylic acids is 1. The number of likely N-dealkylation sites (N-methyl/N-ethyl adjacent to an activating group) is 1. The fourth-order valence-electron chi connectivity index (χ4n) is 3.99. The molecule has 100 valence electrons. The molecular formula is C15H24N2O. The van der Waals surface area contributed by atoms with Crippen LogP contribution in [-0.4, -0.2) is 37.5 Å². The molecule has 2 bridgehead atoms.